The summed E-state index contributed by atoms with van der Waals surface area (Å²) in [5.74, 6) is -0.728. The van der Waals surface area contributed by atoms with Crippen LogP contribution < -0.4 is 0 Å². The second-order valence-electron chi connectivity index (χ2n) is 6.93. The van der Waals surface area contributed by atoms with Crippen molar-refractivity contribution in [3.63, 3.8) is 0 Å². The molecule has 0 aliphatic heterocycles. The first-order valence-corrected chi connectivity index (χ1v) is 10.7. The molecule has 29 heavy (non-hydrogen) atoms. The average Bonchev–Trinajstić information content (AvgIpc) is 3.40. The smallest absolute Gasteiger partial charge is 0.348 e. The summed E-state index contributed by atoms with van der Waals surface area (Å²) in [6.07, 6.45) is 0. The van der Waals surface area contributed by atoms with Gasteiger partial charge in [0.25, 0.3) is 0 Å². The zero-order valence-corrected chi connectivity index (χ0v) is 18.4. The molecule has 9 heteroatoms. The van der Waals surface area contributed by atoms with Crippen LogP contribution in [0.15, 0.2) is 17.5 Å². The molecule has 0 atom stereocenters. The summed E-state index contributed by atoms with van der Waals surface area (Å²) in [4.78, 5) is 31.0. The maximum absolute atomic E-state index is 12.7. The summed E-state index contributed by atoms with van der Waals surface area (Å²) < 4.78 is 9.00. The molecule has 4 rings (SSSR count). The zero-order chi connectivity index (χ0) is 20.9. The van der Waals surface area contributed by atoms with Gasteiger partial charge in [0.2, 0.25) is 5.78 Å². The first kappa shape index (κ1) is 19.5. The topological polar surface area (TPSA) is 79.0 Å². The highest BCUT2D eigenvalue weighted by Crippen LogP contribution is 2.28. The van der Waals surface area contributed by atoms with E-state index in [0.717, 1.165) is 38.1 Å². The Hall–Kier alpha value is -2.78. The molecule has 0 fully saturated rings. The monoisotopic (exact) mass is 428 g/mol. The third-order valence-corrected chi connectivity index (χ3v) is 6.89. The van der Waals surface area contributed by atoms with Crippen LogP contribution in [0.4, 0.5) is 0 Å². The van der Waals surface area contributed by atoms with Gasteiger partial charge in [-0.1, -0.05) is 0 Å². The normalized spacial score (nSPS) is 11.3. The summed E-state index contributed by atoms with van der Waals surface area (Å²) in [5.41, 5.74) is 4.05. The maximum Gasteiger partial charge on any atom is 0.348 e. The predicted molar refractivity (Wildman–Crippen MR) is 114 cm³/mol. The van der Waals surface area contributed by atoms with Crippen molar-refractivity contribution in [2.75, 3.05) is 6.61 Å². The molecule has 0 aliphatic rings. The number of carbonyl (C=O) groups excluding carboxylic acids is 2. The first-order valence-electron chi connectivity index (χ1n) is 9.01. The Morgan fingerprint density at radius 3 is 2.59 bits per heavy atom. The Kier molecular flexibility index (Phi) is 4.87. The molecular weight excluding hydrogens is 408 g/mol. The number of thiazole rings is 1. The van der Waals surface area contributed by atoms with Crippen molar-refractivity contribution >= 4 is 44.6 Å². The number of carbonyl (C=O) groups is 2. The van der Waals surface area contributed by atoms with Crippen LogP contribution in [-0.4, -0.2) is 37.7 Å². The van der Waals surface area contributed by atoms with Gasteiger partial charge in [-0.05, 0) is 39.8 Å². The number of hydrogen-bond acceptors (Lipinski definition) is 7. The van der Waals surface area contributed by atoms with Gasteiger partial charge in [0.05, 0.1) is 11.4 Å². The molecule has 0 saturated heterocycles. The van der Waals surface area contributed by atoms with Gasteiger partial charge in [-0.25, -0.2) is 9.78 Å². The Morgan fingerprint density at radius 2 is 1.93 bits per heavy atom. The van der Waals surface area contributed by atoms with Crippen molar-refractivity contribution in [1.82, 2.24) is 19.3 Å². The highest BCUT2D eigenvalue weighted by molar-refractivity contribution is 7.20. The molecule has 0 spiro atoms. The van der Waals surface area contributed by atoms with Gasteiger partial charge < -0.3 is 4.74 Å². The van der Waals surface area contributed by atoms with Crippen LogP contribution in [0.2, 0.25) is 0 Å². The van der Waals surface area contributed by atoms with Crippen molar-refractivity contribution in [3.8, 4) is 5.13 Å². The predicted octanol–water partition coefficient (Wildman–Crippen LogP) is 4.16. The Bertz CT molecular complexity index is 1220. The molecule has 0 saturated carbocycles. The fourth-order valence-corrected chi connectivity index (χ4v) is 5.30. The molecule has 4 heterocycles. The SMILES string of the molecule is Cc1csc(-n2c(C)cc(C(=O)COC(=O)c3cc4c(C)nn(C)c4s3)c2C)n1. The Labute approximate surface area is 175 Å². The van der Waals surface area contributed by atoms with Gasteiger partial charge in [0, 0.05) is 34.8 Å². The number of esters is 1. The number of thiophene rings is 1. The Morgan fingerprint density at radius 1 is 1.17 bits per heavy atom. The molecule has 150 valence electrons. The quantitative estimate of drug-likeness (QED) is 0.352. The lowest BCUT2D eigenvalue weighted by Gasteiger charge is -2.06. The van der Waals surface area contributed by atoms with E-state index in [1.54, 1.807) is 10.7 Å². The van der Waals surface area contributed by atoms with Crippen molar-refractivity contribution < 1.29 is 14.3 Å². The van der Waals surface area contributed by atoms with Gasteiger partial charge in [0.1, 0.15) is 9.71 Å². The molecule has 4 aromatic heterocycles. The fourth-order valence-electron chi connectivity index (χ4n) is 3.37. The molecule has 0 N–H and O–H groups in total. The van der Waals surface area contributed by atoms with E-state index in [4.69, 9.17) is 4.74 Å². The van der Waals surface area contributed by atoms with E-state index in [9.17, 15) is 9.59 Å². The van der Waals surface area contributed by atoms with E-state index in [-0.39, 0.29) is 12.4 Å². The highest BCUT2D eigenvalue weighted by atomic mass is 32.1. The van der Waals surface area contributed by atoms with E-state index in [1.807, 2.05) is 50.8 Å². The lowest BCUT2D eigenvalue weighted by molar-refractivity contribution is 0.0479. The van der Waals surface area contributed by atoms with Crippen LogP contribution >= 0.6 is 22.7 Å². The highest BCUT2D eigenvalue weighted by Gasteiger charge is 2.21. The van der Waals surface area contributed by atoms with Crippen LogP contribution in [0, 0.1) is 27.7 Å². The summed E-state index contributed by atoms with van der Waals surface area (Å²) >= 11 is 2.84. The van der Waals surface area contributed by atoms with Gasteiger partial charge in [-0.2, -0.15) is 5.10 Å². The molecule has 4 aromatic rings. The number of aryl methyl sites for hydroxylation is 4. The molecule has 0 aliphatic carbocycles. The number of Topliss-reactive ketones (excluding diaryl/α,β-unsaturated/α-hetero) is 1. The second kappa shape index (κ2) is 7.23. The zero-order valence-electron chi connectivity index (χ0n) is 16.8. The molecule has 0 unspecified atom stereocenters. The number of rotatable bonds is 5. The van der Waals surface area contributed by atoms with Gasteiger partial charge in [0.15, 0.2) is 11.7 Å². The van der Waals surface area contributed by atoms with Crippen molar-refractivity contribution in [2.24, 2.45) is 7.05 Å². The molecule has 0 radical (unpaired) electrons. The molecular formula is C20H20N4O3S2. The number of nitrogens with zero attached hydrogens (tertiary/aromatic N) is 4. The summed E-state index contributed by atoms with van der Waals surface area (Å²) in [5, 5.41) is 8.05. The summed E-state index contributed by atoms with van der Waals surface area (Å²) in [7, 11) is 1.84. The number of hydrogen-bond donors (Lipinski definition) is 0. The van der Waals surface area contributed by atoms with Gasteiger partial charge in [-0.15, -0.1) is 22.7 Å². The lowest BCUT2D eigenvalue weighted by Crippen LogP contribution is -2.14. The third-order valence-electron chi connectivity index (χ3n) is 4.76. The fraction of sp³-hybridized carbons (Fsp3) is 0.300. The molecule has 0 aromatic carbocycles. The first-order chi connectivity index (χ1) is 13.8. The van der Waals surface area contributed by atoms with E-state index >= 15 is 0 Å². The van der Waals surface area contributed by atoms with E-state index < -0.39 is 5.97 Å². The molecule has 7 nitrogen and oxygen atoms in total. The van der Waals surface area contributed by atoms with E-state index in [1.165, 1.54) is 22.7 Å². The largest absolute Gasteiger partial charge is 0.453 e. The van der Waals surface area contributed by atoms with Crippen LogP contribution in [-0.2, 0) is 11.8 Å². The van der Waals surface area contributed by atoms with Crippen LogP contribution in [0.25, 0.3) is 15.3 Å². The van der Waals surface area contributed by atoms with E-state index in [0.29, 0.717) is 10.4 Å². The van der Waals surface area contributed by atoms with Crippen LogP contribution in [0.3, 0.4) is 0 Å². The number of aromatic nitrogens is 4. The second-order valence-corrected chi connectivity index (χ2v) is 8.80. The van der Waals surface area contributed by atoms with Crippen molar-refractivity contribution in [1.29, 1.82) is 0 Å². The molecule has 0 bridgehead atoms. The van der Waals surface area contributed by atoms with Crippen LogP contribution in [0.5, 0.6) is 0 Å². The number of ketones is 1. The average molecular weight is 429 g/mol. The standard InChI is InChI=1S/C20H20N4O3S2/c1-10-9-28-20(21-10)24-11(2)6-15(13(24)4)16(25)8-27-19(26)17-7-14-12(3)22-23(5)18(14)29-17/h6-7,9H,8H2,1-5H3. The van der Waals surface area contributed by atoms with Crippen molar-refractivity contribution in [2.45, 2.75) is 27.7 Å². The van der Waals surface area contributed by atoms with Gasteiger partial charge in [-0.3, -0.25) is 14.0 Å². The maximum atomic E-state index is 12.7. The minimum Gasteiger partial charge on any atom is -0.453 e. The summed E-state index contributed by atoms with van der Waals surface area (Å²) in [6, 6.07) is 3.59. The lowest BCUT2D eigenvalue weighted by atomic mass is 10.1. The minimum absolute atomic E-state index is 0.232. The summed E-state index contributed by atoms with van der Waals surface area (Å²) in [6.45, 7) is 7.34. The molecule has 0 amide bonds. The third kappa shape index (κ3) is 3.40. The van der Waals surface area contributed by atoms with Crippen LogP contribution in [0.1, 0.15) is 42.8 Å². The number of ether oxygens (including phenoxy) is 1. The van der Waals surface area contributed by atoms with Gasteiger partial charge >= 0.3 is 5.97 Å². The van der Waals surface area contributed by atoms with Crippen molar-refractivity contribution in [3.05, 3.63) is 50.7 Å². The number of fused-ring (bicyclic) bond motifs is 1. The minimum atomic E-state index is -0.497. The van der Waals surface area contributed by atoms with E-state index in [2.05, 4.69) is 10.1 Å². The Balaban J connectivity index is 1.51.